The summed E-state index contributed by atoms with van der Waals surface area (Å²) in [6.07, 6.45) is 0. The van der Waals surface area contributed by atoms with Crippen LogP contribution in [0.25, 0.3) is 0 Å². The zero-order valence-electron chi connectivity index (χ0n) is 7.36. The predicted octanol–water partition coefficient (Wildman–Crippen LogP) is 1.84. The second-order valence-corrected chi connectivity index (χ2v) is 5.89. The highest BCUT2D eigenvalue weighted by Crippen LogP contribution is 2.26. The summed E-state index contributed by atoms with van der Waals surface area (Å²) < 4.78 is 27.2. The van der Waals surface area contributed by atoms with E-state index in [1.807, 2.05) is 0 Å². The molecule has 1 heterocycles. The molecule has 0 bridgehead atoms. The second-order valence-electron chi connectivity index (χ2n) is 2.96. The molecule has 0 atom stereocenters. The Hall–Kier alpha value is -0.850. The second kappa shape index (κ2) is 3.62. The molecule has 80 valence electrons. The lowest BCUT2D eigenvalue weighted by molar-refractivity contribution is 0.294. The van der Waals surface area contributed by atoms with E-state index in [9.17, 15) is 8.42 Å². The number of rotatable bonds is 1. The van der Waals surface area contributed by atoms with Gasteiger partial charge in [-0.25, -0.2) is 8.42 Å². The van der Waals surface area contributed by atoms with Crippen molar-refractivity contribution in [1.29, 1.82) is 0 Å². The first-order valence-electron chi connectivity index (χ1n) is 3.98. The normalized spacial score (nSPS) is 15.1. The van der Waals surface area contributed by atoms with Gasteiger partial charge in [0.25, 0.3) is 14.2 Å². The SMILES string of the molecule is O=S(=O)(Cl)c1ccc2c(c1)COC(=S)N2. The third kappa shape index (κ3) is 2.22. The van der Waals surface area contributed by atoms with Gasteiger partial charge >= 0.3 is 0 Å². The topological polar surface area (TPSA) is 55.4 Å². The zero-order chi connectivity index (χ0) is 11.1. The molecule has 0 saturated heterocycles. The monoisotopic (exact) mass is 263 g/mol. The molecule has 0 fully saturated rings. The van der Waals surface area contributed by atoms with Crippen molar-refractivity contribution in [2.75, 3.05) is 5.32 Å². The number of fused-ring (bicyclic) bond motifs is 1. The highest BCUT2D eigenvalue weighted by atomic mass is 35.7. The molecule has 2 rings (SSSR count). The van der Waals surface area contributed by atoms with Crippen molar-refractivity contribution in [3.63, 3.8) is 0 Å². The van der Waals surface area contributed by atoms with Crippen LogP contribution in [0.5, 0.6) is 0 Å². The largest absolute Gasteiger partial charge is 0.466 e. The van der Waals surface area contributed by atoms with Gasteiger partial charge in [-0.3, -0.25) is 0 Å². The Morgan fingerprint density at radius 1 is 1.47 bits per heavy atom. The quantitative estimate of drug-likeness (QED) is 0.619. The van der Waals surface area contributed by atoms with Gasteiger partial charge in [-0.05, 0) is 30.4 Å². The molecule has 15 heavy (non-hydrogen) atoms. The number of anilines is 1. The van der Waals surface area contributed by atoms with E-state index in [4.69, 9.17) is 27.6 Å². The Bertz CT molecular complexity index is 527. The summed E-state index contributed by atoms with van der Waals surface area (Å²) in [4.78, 5) is 0.0566. The average Bonchev–Trinajstić information content (AvgIpc) is 2.15. The summed E-state index contributed by atoms with van der Waals surface area (Å²) in [5, 5.41) is 3.09. The van der Waals surface area contributed by atoms with Crippen molar-refractivity contribution in [1.82, 2.24) is 0 Å². The Kier molecular flexibility index (Phi) is 2.57. The van der Waals surface area contributed by atoms with Crippen LogP contribution in [0.2, 0.25) is 0 Å². The number of thiocarbonyl (C=S) groups is 1. The Morgan fingerprint density at radius 2 is 2.20 bits per heavy atom. The van der Waals surface area contributed by atoms with Crippen molar-refractivity contribution in [3.8, 4) is 0 Å². The first-order chi connectivity index (χ1) is 6.97. The Labute approximate surface area is 96.6 Å². The lowest BCUT2D eigenvalue weighted by Gasteiger charge is -2.19. The molecule has 7 heteroatoms. The fourth-order valence-electron chi connectivity index (χ4n) is 1.25. The summed E-state index contributed by atoms with van der Waals surface area (Å²) in [5.74, 6) is 0. The smallest absolute Gasteiger partial charge is 0.261 e. The van der Waals surface area contributed by atoms with Gasteiger partial charge < -0.3 is 10.1 Å². The summed E-state index contributed by atoms with van der Waals surface area (Å²) >= 11 is 4.81. The lowest BCUT2D eigenvalue weighted by Crippen LogP contribution is -2.20. The number of benzene rings is 1. The summed E-state index contributed by atoms with van der Waals surface area (Å²) in [6.45, 7) is 0.251. The van der Waals surface area contributed by atoms with Gasteiger partial charge in [0.15, 0.2) is 0 Å². The van der Waals surface area contributed by atoms with E-state index in [1.54, 1.807) is 6.07 Å². The molecule has 0 aromatic heterocycles. The molecule has 4 nitrogen and oxygen atoms in total. The van der Waals surface area contributed by atoms with Crippen LogP contribution in [0, 0.1) is 0 Å². The lowest BCUT2D eigenvalue weighted by atomic mass is 10.2. The van der Waals surface area contributed by atoms with E-state index in [-0.39, 0.29) is 16.7 Å². The summed E-state index contributed by atoms with van der Waals surface area (Å²) in [5.41, 5.74) is 1.46. The fourth-order valence-corrected chi connectivity index (χ4v) is 2.22. The van der Waals surface area contributed by atoms with E-state index in [1.165, 1.54) is 12.1 Å². The third-order valence-electron chi connectivity index (χ3n) is 1.95. The molecule has 1 aliphatic heterocycles. The first-order valence-corrected chi connectivity index (χ1v) is 6.70. The molecule has 0 saturated carbocycles. The first kappa shape index (κ1) is 10.7. The fraction of sp³-hybridized carbons (Fsp3) is 0.125. The Morgan fingerprint density at radius 3 is 2.87 bits per heavy atom. The van der Waals surface area contributed by atoms with Crippen LogP contribution in [0.1, 0.15) is 5.56 Å². The maximum atomic E-state index is 11.1. The van der Waals surface area contributed by atoms with Crippen LogP contribution in [0.4, 0.5) is 5.69 Å². The van der Waals surface area contributed by atoms with Crippen molar-refractivity contribution in [2.45, 2.75) is 11.5 Å². The molecule has 1 aromatic rings. The predicted molar refractivity (Wildman–Crippen MR) is 60.5 cm³/mol. The molecular weight excluding hydrogens is 258 g/mol. The van der Waals surface area contributed by atoms with Gasteiger partial charge in [-0.1, -0.05) is 0 Å². The minimum Gasteiger partial charge on any atom is -0.466 e. The molecule has 0 spiro atoms. The van der Waals surface area contributed by atoms with Gasteiger partial charge in [0, 0.05) is 21.9 Å². The number of ether oxygens (including phenoxy) is 1. The van der Waals surface area contributed by atoms with Crippen LogP contribution < -0.4 is 5.32 Å². The van der Waals surface area contributed by atoms with E-state index >= 15 is 0 Å². The van der Waals surface area contributed by atoms with Gasteiger partial charge in [0.1, 0.15) is 6.61 Å². The molecule has 0 aliphatic carbocycles. The van der Waals surface area contributed by atoms with Crippen LogP contribution in [0.15, 0.2) is 23.1 Å². The molecule has 0 unspecified atom stereocenters. The van der Waals surface area contributed by atoms with Gasteiger partial charge in [-0.2, -0.15) is 0 Å². The molecule has 0 amide bonds. The maximum absolute atomic E-state index is 11.1. The Balaban J connectivity index is 2.48. The van der Waals surface area contributed by atoms with Gasteiger partial charge in [-0.15, -0.1) is 0 Å². The van der Waals surface area contributed by atoms with Crippen molar-refractivity contribution < 1.29 is 13.2 Å². The van der Waals surface area contributed by atoms with Crippen molar-refractivity contribution >= 4 is 42.8 Å². The summed E-state index contributed by atoms with van der Waals surface area (Å²) in [7, 11) is 1.52. The average molecular weight is 264 g/mol. The highest BCUT2D eigenvalue weighted by Gasteiger charge is 2.17. The summed E-state index contributed by atoms with van der Waals surface area (Å²) in [6, 6.07) is 4.49. The molecule has 1 N–H and O–H groups in total. The van der Waals surface area contributed by atoms with Crippen LogP contribution in [-0.4, -0.2) is 13.6 Å². The van der Waals surface area contributed by atoms with E-state index in [0.29, 0.717) is 5.56 Å². The molecule has 1 aromatic carbocycles. The van der Waals surface area contributed by atoms with Crippen LogP contribution in [0.3, 0.4) is 0 Å². The van der Waals surface area contributed by atoms with Crippen LogP contribution >= 0.6 is 22.9 Å². The number of halogens is 1. The van der Waals surface area contributed by atoms with E-state index < -0.39 is 9.05 Å². The minimum atomic E-state index is -3.69. The van der Waals surface area contributed by atoms with Crippen molar-refractivity contribution in [2.24, 2.45) is 0 Å². The number of nitrogens with one attached hydrogen (secondary N) is 1. The zero-order valence-corrected chi connectivity index (χ0v) is 9.75. The van der Waals surface area contributed by atoms with Gasteiger partial charge in [0.05, 0.1) is 4.90 Å². The van der Waals surface area contributed by atoms with E-state index in [2.05, 4.69) is 5.32 Å². The van der Waals surface area contributed by atoms with Gasteiger partial charge in [0.2, 0.25) is 0 Å². The molecular formula is C8H6ClNO3S2. The van der Waals surface area contributed by atoms with Crippen molar-refractivity contribution in [3.05, 3.63) is 23.8 Å². The number of hydrogen-bond donors (Lipinski definition) is 1. The number of hydrogen-bond acceptors (Lipinski definition) is 4. The highest BCUT2D eigenvalue weighted by molar-refractivity contribution is 8.13. The molecule has 1 aliphatic rings. The standard InChI is InChI=1S/C8H6ClNO3S2/c9-15(11,12)6-1-2-7-5(3-6)4-13-8(14)10-7/h1-3H,4H2,(H,10,14). The minimum absolute atomic E-state index is 0.0566. The third-order valence-corrected chi connectivity index (χ3v) is 3.53. The molecule has 0 radical (unpaired) electrons. The van der Waals surface area contributed by atoms with E-state index in [0.717, 1.165) is 5.69 Å². The maximum Gasteiger partial charge on any atom is 0.261 e. The van der Waals surface area contributed by atoms with Crippen LogP contribution in [-0.2, 0) is 20.4 Å².